The number of amides is 1. The van der Waals surface area contributed by atoms with E-state index in [1.807, 2.05) is 4.90 Å². The van der Waals surface area contributed by atoms with Gasteiger partial charge in [-0.15, -0.1) is 0 Å². The van der Waals surface area contributed by atoms with Crippen LogP contribution in [0, 0.1) is 0 Å². The van der Waals surface area contributed by atoms with Crippen molar-refractivity contribution in [3.8, 4) is 5.75 Å². The van der Waals surface area contributed by atoms with Gasteiger partial charge in [-0.2, -0.15) is 0 Å². The lowest BCUT2D eigenvalue weighted by molar-refractivity contribution is 0.0372. The molecule has 0 radical (unpaired) electrons. The predicted molar refractivity (Wildman–Crippen MR) is 78.2 cm³/mol. The number of aromatic hydroxyl groups is 1. The van der Waals surface area contributed by atoms with E-state index in [0.29, 0.717) is 11.6 Å². The Morgan fingerprint density at radius 2 is 2.10 bits per heavy atom. The Morgan fingerprint density at radius 1 is 1.25 bits per heavy atom. The normalized spacial score (nSPS) is 23.4. The van der Waals surface area contributed by atoms with Gasteiger partial charge in [0.05, 0.1) is 5.02 Å². The maximum atomic E-state index is 12.5. The molecule has 4 nitrogen and oxygen atoms in total. The predicted octanol–water partition coefficient (Wildman–Crippen LogP) is 2.36. The molecule has 2 heterocycles. The topological polar surface area (TPSA) is 43.8 Å². The van der Waals surface area contributed by atoms with Crippen molar-refractivity contribution in [2.75, 3.05) is 26.2 Å². The van der Waals surface area contributed by atoms with Crippen LogP contribution in [-0.4, -0.2) is 53.0 Å². The maximum Gasteiger partial charge on any atom is 0.254 e. The van der Waals surface area contributed by atoms with Crippen LogP contribution in [0.3, 0.4) is 0 Å². The van der Waals surface area contributed by atoms with Crippen molar-refractivity contribution in [2.24, 2.45) is 0 Å². The summed E-state index contributed by atoms with van der Waals surface area (Å²) >= 11 is 5.88. The second kappa shape index (κ2) is 5.62. The Hall–Kier alpha value is -1.26. The van der Waals surface area contributed by atoms with Gasteiger partial charge in [-0.1, -0.05) is 18.0 Å². The molecule has 1 unspecified atom stereocenters. The second-order valence-electron chi connectivity index (χ2n) is 5.60. The van der Waals surface area contributed by atoms with E-state index in [9.17, 15) is 9.90 Å². The molecule has 2 saturated heterocycles. The molecular weight excluding hydrogens is 276 g/mol. The molecule has 1 aromatic carbocycles. The fourth-order valence-electron chi connectivity index (χ4n) is 3.16. The Labute approximate surface area is 123 Å². The highest BCUT2D eigenvalue weighted by Gasteiger charge is 2.31. The summed E-state index contributed by atoms with van der Waals surface area (Å²) in [7, 11) is 0. The Kier molecular flexibility index (Phi) is 3.85. The number of piperidine rings is 1. The molecule has 2 fully saturated rings. The minimum Gasteiger partial charge on any atom is -0.506 e. The molecule has 1 aromatic rings. The number of rotatable bonds is 1. The quantitative estimate of drug-likeness (QED) is 0.865. The summed E-state index contributed by atoms with van der Waals surface area (Å²) in [5, 5.41) is 9.66. The summed E-state index contributed by atoms with van der Waals surface area (Å²) in [4.78, 5) is 16.9. The fraction of sp³-hybridized carbons (Fsp3) is 0.533. The van der Waals surface area contributed by atoms with Crippen molar-refractivity contribution < 1.29 is 9.90 Å². The van der Waals surface area contributed by atoms with E-state index in [1.54, 1.807) is 12.1 Å². The first-order valence-electron chi connectivity index (χ1n) is 7.17. The van der Waals surface area contributed by atoms with Gasteiger partial charge < -0.3 is 10.0 Å². The van der Waals surface area contributed by atoms with Gasteiger partial charge in [0.25, 0.3) is 5.91 Å². The Bertz CT molecular complexity index is 521. The highest BCUT2D eigenvalue weighted by Crippen LogP contribution is 2.26. The van der Waals surface area contributed by atoms with Crippen LogP contribution in [0.25, 0.3) is 0 Å². The first kappa shape index (κ1) is 13.7. The molecule has 0 saturated carbocycles. The van der Waals surface area contributed by atoms with Crippen molar-refractivity contribution in [3.05, 3.63) is 28.8 Å². The van der Waals surface area contributed by atoms with Crippen molar-refractivity contribution >= 4 is 17.5 Å². The molecule has 0 spiro atoms. The number of fused-ring (bicyclic) bond motifs is 1. The largest absolute Gasteiger partial charge is 0.506 e. The molecule has 20 heavy (non-hydrogen) atoms. The average Bonchev–Trinajstić information content (AvgIpc) is 2.49. The van der Waals surface area contributed by atoms with Crippen LogP contribution in [0.1, 0.15) is 29.6 Å². The van der Waals surface area contributed by atoms with E-state index < -0.39 is 0 Å². The van der Waals surface area contributed by atoms with Gasteiger partial charge in [0.2, 0.25) is 0 Å². The number of hydrogen-bond donors (Lipinski definition) is 1. The molecular formula is C15H19ClN2O2. The molecule has 2 aliphatic rings. The second-order valence-corrected chi connectivity index (χ2v) is 6.01. The third-order valence-electron chi connectivity index (χ3n) is 4.32. The molecule has 3 rings (SSSR count). The van der Waals surface area contributed by atoms with Gasteiger partial charge >= 0.3 is 0 Å². The fourth-order valence-corrected chi connectivity index (χ4v) is 3.34. The van der Waals surface area contributed by atoms with Crippen molar-refractivity contribution in [1.82, 2.24) is 9.80 Å². The zero-order valence-corrected chi connectivity index (χ0v) is 12.1. The number of benzene rings is 1. The zero-order valence-electron chi connectivity index (χ0n) is 11.4. The van der Waals surface area contributed by atoms with Gasteiger partial charge in [0.1, 0.15) is 5.75 Å². The smallest absolute Gasteiger partial charge is 0.254 e. The first-order chi connectivity index (χ1) is 9.65. The number of piperazine rings is 1. The highest BCUT2D eigenvalue weighted by atomic mass is 35.5. The van der Waals surface area contributed by atoms with Crippen molar-refractivity contribution in [2.45, 2.75) is 25.3 Å². The lowest BCUT2D eigenvalue weighted by Crippen LogP contribution is -2.56. The number of carbonyl (C=O) groups excluding carboxylic acids is 1. The number of hydrogen-bond acceptors (Lipinski definition) is 3. The van der Waals surface area contributed by atoms with Crippen LogP contribution in [0.4, 0.5) is 0 Å². The third kappa shape index (κ3) is 2.63. The third-order valence-corrected chi connectivity index (χ3v) is 4.62. The monoisotopic (exact) mass is 294 g/mol. The number of phenols is 1. The molecule has 5 heteroatoms. The Morgan fingerprint density at radius 3 is 2.90 bits per heavy atom. The van der Waals surface area contributed by atoms with Crippen LogP contribution in [0.2, 0.25) is 5.02 Å². The lowest BCUT2D eigenvalue weighted by Gasteiger charge is -2.44. The molecule has 0 bridgehead atoms. The van der Waals surface area contributed by atoms with Crippen LogP contribution in [0.15, 0.2) is 18.2 Å². The number of phenolic OH excluding ortho intramolecular Hbond substituents is 1. The number of halogens is 1. The molecule has 1 amide bonds. The minimum atomic E-state index is 0.0112. The van der Waals surface area contributed by atoms with E-state index >= 15 is 0 Å². The molecule has 2 aliphatic heterocycles. The standard InChI is InChI=1S/C15H19ClN2O2/c16-13-9-11(4-5-14(13)19)15(20)18-8-7-17-6-2-1-3-12(17)10-18/h4-5,9,12,19H,1-3,6-8,10H2. The summed E-state index contributed by atoms with van der Waals surface area (Å²) in [6.07, 6.45) is 3.71. The van der Waals surface area contributed by atoms with Gasteiger partial charge in [-0.05, 0) is 37.6 Å². The van der Waals surface area contributed by atoms with Crippen LogP contribution in [-0.2, 0) is 0 Å². The minimum absolute atomic E-state index is 0.0112. The van der Waals surface area contributed by atoms with Gasteiger partial charge in [-0.3, -0.25) is 9.69 Å². The summed E-state index contributed by atoms with van der Waals surface area (Å²) in [6.45, 7) is 3.70. The summed E-state index contributed by atoms with van der Waals surface area (Å²) in [5.41, 5.74) is 0.553. The molecule has 1 N–H and O–H groups in total. The van der Waals surface area contributed by atoms with E-state index in [1.165, 1.54) is 25.3 Å². The zero-order chi connectivity index (χ0) is 14.1. The molecule has 108 valence electrons. The summed E-state index contributed by atoms with van der Waals surface area (Å²) < 4.78 is 0. The maximum absolute atomic E-state index is 12.5. The van der Waals surface area contributed by atoms with Gasteiger partial charge in [0, 0.05) is 31.2 Å². The first-order valence-corrected chi connectivity index (χ1v) is 7.55. The molecule has 1 atom stereocenters. The van der Waals surface area contributed by atoms with E-state index in [2.05, 4.69) is 4.90 Å². The molecule has 0 aliphatic carbocycles. The van der Waals surface area contributed by atoms with Gasteiger partial charge in [0.15, 0.2) is 0 Å². The van der Waals surface area contributed by atoms with Crippen molar-refractivity contribution in [1.29, 1.82) is 0 Å². The number of carbonyl (C=O) groups is 1. The summed E-state index contributed by atoms with van der Waals surface area (Å²) in [6, 6.07) is 5.17. The Balaban J connectivity index is 1.72. The average molecular weight is 295 g/mol. The van der Waals surface area contributed by atoms with E-state index in [0.717, 1.165) is 26.2 Å². The van der Waals surface area contributed by atoms with Gasteiger partial charge in [-0.25, -0.2) is 0 Å². The molecule has 0 aromatic heterocycles. The van der Waals surface area contributed by atoms with E-state index in [4.69, 9.17) is 11.6 Å². The highest BCUT2D eigenvalue weighted by molar-refractivity contribution is 6.32. The number of nitrogens with zero attached hydrogens (tertiary/aromatic N) is 2. The lowest BCUT2D eigenvalue weighted by atomic mass is 9.99. The van der Waals surface area contributed by atoms with Crippen LogP contribution >= 0.6 is 11.6 Å². The van der Waals surface area contributed by atoms with Crippen LogP contribution < -0.4 is 0 Å². The van der Waals surface area contributed by atoms with Crippen LogP contribution in [0.5, 0.6) is 5.75 Å². The summed E-state index contributed by atoms with van der Waals surface area (Å²) in [5.74, 6) is 0.0254. The van der Waals surface area contributed by atoms with Crippen molar-refractivity contribution in [3.63, 3.8) is 0 Å². The SMILES string of the molecule is O=C(c1ccc(O)c(Cl)c1)N1CCN2CCCCC2C1. The van der Waals surface area contributed by atoms with E-state index in [-0.39, 0.29) is 16.7 Å².